The first-order chi connectivity index (χ1) is 10.9. The molecular weight excluding hydrogens is 369 g/mol. The summed E-state index contributed by atoms with van der Waals surface area (Å²) in [5.41, 5.74) is 2.25. The Bertz CT molecular complexity index is 656. The van der Waals surface area contributed by atoms with Crippen molar-refractivity contribution in [1.82, 2.24) is 15.1 Å². The minimum atomic E-state index is 0. The number of rotatable bonds is 5. The summed E-state index contributed by atoms with van der Waals surface area (Å²) in [5, 5.41) is 24.9. The minimum Gasteiger partial charge on any atom is -0.379 e. The molecule has 0 aromatic carbocycles. The van der Waals surface area contributed by atoms with Crippen molar-refractivity contribution >= 4 is 42.0 Å². The average Bonchev–Trinajstić information content (AvgIpc) is 3.10. The van der Waals surface area contributed by atoms with Crippen LogP contribution in [0.15, 0.2) is 22.9 Å². The average molecular weight is 388 g/mol. The molecule has 0 bridgehead atoms. The lowest BCUT2D eigenvalue weighted by Gasteiger charge is -2.26. The summed E-state index contributed by atoms with van der Waals surface area (Å²) in [7, 11) is 0. The summed E-state index contributed by atoms with van der Waals surface area (Å²) < 4.78 is 5.32. The highest BCUT2D eigenvalue weighted by atomic mass is 35.5. The van der Waals surface area contributed by atoms with Gasteiger partial charge in [0.05, 0.1) is 24.5 Å². The molecule has 1 fully saturated rings. The van der Waals surface area contributed by atoms with Gasteiger partial charge in [-0.2, -0.15) is 16.6 Å². The number of hydrogen-bond donors (Lipinski definition) is 1. The third kappa shape index (κ3) is 5.30. The van der Waals surface area contributed by atoms with Crippen LogP contribution in [-0.2, 0) is 4.74 Å². The number of aromatic nitrogens is 2. The maximum absolute atomic E-state index is 9.31. The van der Waals surface area contributed by atoms with E-state index in [4.69, 9.17) is 4.74 Å². The van der Waals surface area contributed by atoms with Crippen molar-refractivity contribution in [3.63, 3.8) is 0 Å². The normalized spacial score (nSPS) is 14.1. The van der Waals surface area contributed by atoms with Gasteiger partial charge in [-0.1, -0.05) is 0 Å². The van der Waals surface area contributed by atoms with Crippen LogP contribution in [0.5, 0.6) is 0 Å². The van der Waals surface area contributed by atoms with E-state index in [-0.39, 0.29) is 24.8 Å². The van der Waals surface area contributed by atoms with Gasteiger partial charge >= 0.3 is 0 Å². The molecule has 0 radical (unpaired) electrons. The van der Waals surface area contributed by atoms with Crippen LogP contribution in [0, 0.1) is 11.3 Å². The zero-order valence-electron chi connectivity index (χ0n) is 13.0. The molecule has 1 saturated heterocycles. The molecule has 9 heteroatoms. The third-order valence-corrected chi connectivity index (χ3v) is 4.24. The van der Waals surface area contributed by atoms with E-state index in [9.17, 15) is 5.26 Å². The summed E-state index contributed by atoms with van der Waals surface area (Å²) in [6.45, 7) is 5.13. The van der Waals surface area contributed by atoms with Crippen molar-refractivity contribution in [2.24, 2.45) is 0 Å². The molecule has 3 rings (SSSR count). The largest absolute Gasteiger partial charge is 0.379 e. The van der Waals surface area contributed by atoms with Crippen molar-refractivity contribution in [3.8, 4) is 17.3 Å². The molecule has 3 heterocycles. The molecule has 6 nitrogen and oxygen atoms in total. The first kappa shape index (κ1) is 20.6. The topological polar surface area (TPSA) is 74.1 Å². The van der Waals surface area contributed by atoms with Crippen molar-refractivity contribution in [2.75, 3.05) is 44.7 Å². The predicted molar refractivity (Wildman–Crippen MR) is 100 cm³/mol. The zero-order chi connectivity index (χ0) is 15.2. The second-order valence-corrected chi connectivity index (χ2v) is 5.78. The van der Waals surface area contributed by atoms with Crippen molar-refractivity contribution < 1.29 is 4.74 Å². The zero-order valence-corrected chi connectivity index (χ0v) is 15.4. The monoisotopic (exact) mass is 387 g/mol. The van der Waals surface area contributed by atoms with Crippen LogP contribution in [0.25, 0.3) is 11.3 Å². The molecule has 0 unspecified atom stereocenters. The van der Waals surface area contributed by atoms with Crippen LogP contribution >= 0.6 is 36.2 Å². The predicted octanol–water partition coefficient (Wildman–Crippen LogP) is 2.66. The van der Waals surface area contributed by atoms with Crippen molar-refractivity contribution in [3.05, 3.63) is 28.5 Å². The van der Waals surface area contributed by atoms with Crippen molar-refractivity contribution in [2.45, 2.75) is 0 Å². The Kier molecular flexibility index (Phi) is 8.97. The van der Waals surface area contributed by atoms with Gasteiger partial charge in [0.15, 0.2) is 5.82 Å². The van der Waals surface area contributed by atoms with Crippen LogP contribution in [0.4, 0.5) is 5.82 Å². The first-order valence-electron chi connectivity index (χ1n) is 7.21. The maximum atomic E-state index is 9.31. The molecule has 2 aromatic rings. The highest BCUT2D eigenvalue weighted by Crippen LogP contribution is 2.22. The lowest BCUT2D eigenvalue weighted by Crippen LogP contribution is -2.39. The number of thiophene rings is 1. The quantitative estimate of drug-likeness (QED) is 0.849. The Morgan fingerprint density at radius 1 is 1.29 bits per heavy atom. The summed E-state index contributed by atoms with van der Waals surface area (Å²) in [6, 6.07) is 5.95. The second-order valence-electron chi connectivity index (χ2n) is 5.00. The molecule has 0 saturated carbocycles. The van der Waals surface area contributed by atoms with Gasteiger partial charge in [0.25, 0.3) is 0 Å². The van der Waals surface area contributed by atoms with Gasteiger partial charge in [-0.05, 0) is 17.5 Å². The van der Waals surface area contributed by atoms with Crippen LogP contribution in [0.2, 0.25) is 0 Å². The van der Waals surface area contributed by atoms with Crippen LogP contribution in [-0.4, -0.2) is 54.5 Å². The van der Waals surface area contributed by atoms with E-state index in [1.165, 1.54) is 0 Å². The Labute approximate surface area is 157 Å². The Hall–Kier alpha value is -1.43. The van der Waals surface area contributed by atoms with E-state index in [1.807, 2.05) is 16.8 Å². The lowest BCUT2D eigenvalue weighted by molar-refractivity contribution is 0.0398. The van der Waals surface area contributed by atoms with Gasteiger partial charge in [-0.15, -0.1) is 35.0 Å². The van der Waals surface area contributed by atoms with E-state index < -0.39 is 0 Å². The van der Waals surface area contributed by atoms with Crippen LogP contribution < -0.4 is 5.32 Å². The smallest absolute Gasteiger partial charge is 0.166 e. The molecule has 0 aliphatic carbocycles. The van der Waals surface area contributed by atoms with E-state index in [1.54, 1.807) is 17.4 Å². The number of nitriles is 1. The summed E-state index contributed by atoms with van der Waals surface area (Å²) in [5.74, 6) is 0.551. The molecule has 1 N–H and O–H groups in total. The van der Waals surface area contributed by atoms with Crippen LogP contribution in [0.1, 0.15) is 5.56 Å². The highest BCUT2D eigenvalue weighted by molar-refractivity contribution is 7.08. The maximum Gasteiger partial charge on any atom is 0.166 e. The number of morpholine rings is 1. The van der Waals surface area contributed by atoms with Gasteiger partial charge in [0.1, 0.15) is 6.07 Å². The summed E-state index contributed by atoms with van der Waals surface area (Å²) >= 11 is 1.60. The number of nitrogens with zero attached hydrogens (tertiary/aromatic N) is 4. The summed E-state index contributed by atoms with van der Waals surface area (Å²) in [4.78, 5) is 2.33. The van der Waals surface area contributed by atoms with Gasteiger partial charge in [-0.25, -0.2) is 0 Å². The molecule has 0 amide bonds. The van der Waals surface area contributed by atoms with E-state index in [0.717, 1.165) is 50.7 Å². The van der Waals surface area contributed by atoms with Crippen molar-refractivity contribution in [1.29, 1.82) is 5.26 Å². The molecule has 0 atom stereocenters. The Morgan fingerprint density at radius 3 is 2.75 bits per heavy atom. The fourth-order valence-corrected chi connectivity index (χ4v) is 2.97. The fourth-order valence-electron chi connectivity index (χ4n) is 2.32. The molecular formula is C15H19Cl2N5OS. The van der Waals surface area contributed by atoms with Gasteiger partial charge in [-0.3, -0.25) is 4.90 Å². The molecule has 1 aliphatic rings. The number of ether oxygens (including phenoxy) is 1. The molecule has 130 valence electrons. The van der Waals surface area contributed by atoms with Gasteiger partial charge in [0.2, 0.25) is 0 Å². The van der Waals surface area contributed by atoms with Gasteiger partial charge in [0, 0.05) is 37.1 Å². The first-order valence-corrected chi connectivity index (χ1v) is 8.15. The molecule has 0 spiro atoms. The second kappa shape index (κ2) is 10.4. The summed E-state index contributed by atoms with van der Waals surface area (Å²) in [6.07, 6.45) is 0. The number of anilines is 1. The van der Waals surface area contributed by atoms with E-state index in [0.29, 0.717) is 11.4 Å². The van der Waals surface area contributed by atoms with Crippen LogP contribution in [0.3, 0.4) is 0 Å². The number of halogens is 2. The van der Waals surface area contributed by atoms with E-state index >= 15 is 0 Å². The van der Waals surface area contributed by atoms with Gasteiger partial charge < -0.3 is 10.1 Å². The highest BCUT2D eigenvalue weighted by Gasteiger charge is 2.11. The number of hydrogen-bond acceptors (Lipinski definition) is 7. The number of nitrogens with one attached hydrogen (secondary N) is 1. The third-order valence-electron chi connectivity index (χ3n) is 3.56. The Morgan fingerprint density at radius 2 is 2.08 bits per heavy atom. The minimum absolute atomic E-state index is 0. The SMILES string of the molecule is Cl.Cl.N#Cc1cc(-c2ccsc2)nnc1NCCN1CCOCC1. The Balaban J connectivity index is 0.00000144. The lowest BCUT2D eigenvalue weighted by atomic mass is 10.2. The molecule has 1 aliphatic heterocycles. The van der Waals surface area contributed by atoms with E-state index in [2.05, 4.69) is 26.5 Å². The molecule has 2 aromatic heterocycles. The standard InChI is InChI=1S/C15H17N5OS.2ClH/c16-10-13-9-14(12-1-8-22-11-12)18-19-15(13)17-2-3-20-4-6-21-7-5-20;;/h1,8-9,11H,2-7H2,(H,17,19);2*1H. The molecule has 24 heavy (non-hydrogen) atoms. The fraction of sp³-hybridized carbons (Fsp3) is 0.400.